The molecule has 0 aromatic carbocycles. The van der Waals surface area contributed by atoms with Crippen LogP contribution in [0, 0.1) is 0 Å². The standard InChI is InChI=1S/C11H23NO2S/c1-5-10(6-2)12-11(14)7-15-9(4)8(3)13/h8-10,13H,5-7H2,1-4H3,(H,12,14). The van der Waals surface area contributed by atoms with E-state index in [1.54, 1.807) is 6.92 Å². The SMILES string of the molecule is CCC(CC)NC(=O)CSC(C)C(C)O. The smallest absolute Gasteiger partial charge is 0.230 e. The highest BCUT2D eigenvalue weighted by atomic mass is 32.2. The van der Waals surface area contributed by atoms with E-state index in [-0.39, 0.29) is 17.3 Å². The summed E-state index contributed by atoms with van der Waals surface area (Å²) in [5.41, 5.74) is 0. The lowest BCUT2D eigenvalue weighted by Crippen LogP contribution is -2.35. The highest BCUT2D eigenvalue weighted by Gasteiger charge is 2.13. The van der Waals surface area contributed by atoms with Crippen molar-refractivity contribution in [2.24, 2.45) is 0 Å². The van der Waals surface area contributed by atoms with Crippen molar-refractivity contribution in [3.8, 4) is 0 Å². The van der Waals surface area contributed by atoms with E-state index in [1.807, 2.05) is 6.92 Å². The van der Waals surface area contributed by atoms with E-state index >= 15 is 0 Å². The molecule has 3 nitrogen and oxygen atoms in total. The van der Waals surface area contributed by atoms with Crippen LogP contribution in [0.4, 0.5) is 0 Å². The average Bonchev–Trinajstić information content (AvgIpc) is 2.22. The minimum absolute atomic E-state index is 0.0706. The molecule has 15 heavy (non-hydrogen) atoms. The fraction of sp³-hybridized carbons (Fsp3) is 0.909. The Morgan fingerprint density at radius 1 is 1.33 bits per heavy atom. The summed E-state index contributed by atoms with van der Waals surface area (Å²) in [5, 5.41) is 12.3. The molecule has 0 saturated carbocycles. The summed E-state index contributed by atoms with van der Waals surface area (Å²) in [6.07, 6.45) is 1.58. The third kappa shape index (κ3) is 6.79. The van der Waals surface area contributed by atoms with Crippen molar-refractivity contribution in [2.75, 3.05) is 5.75 Å². The zero-order valence-corrected chi connectivity index (χ0v) is 10.9. The summed E-state index contributed by atoms with van der Waals surface area (Å²) in [4.78, 5) is 11.5. The van der Waals surface area contributed by atoms with E-state index in [4.69, 9.17) is 0 Å². The monoisotopic (exact) mass is 233 g/mol. The Hall–Kier alpha value is -0.220. The number of rotatable bonds is 7. The molecule has 0 aromatic heterocycles. The molecule has 4 heteroatoms. The molecule has 2 unspecified atom stereocenters. The Bertz CT molecular complexity index is 181. The Morgan fingerprint density at radius 3 is 2.27 bits per heavy atom. The van der Waals surface area contributed by atoms with E-state index in [1.165, 1.54) is 11.8 Å². The van der Waals surface area contributed by atoms with Crippen molar-refractivity contribution < 1.29 is 9.90 Å². The van der Waals surface area contributed by atoms with Crippen LogP contribution in [-0.2, 0) is 4.79 Å². The molecule has 2 atom stereocenters. The van der Waals surface area contributed by atoms with Crippen molar-refractivity contribution in [3.63, 3.8) is 0 Å². The molecular weight excluding hydrogens is 210 g/mol. The molecule has 0 bridgehead atoms. The first-order valence-electron chi connectivity index (χ1n) is 5.60. The zero-order chi connectivity index (χ0) is 11.8. The van der Waals surface area contributed by atoms with Gasteiger partial charge in [0.05, 0.1) is 11.9 Å². The topological polar surface area (TPSA) is 49.3 Å². The Morgan fingerprint density at radius 2 is 1.87 bits per heavy atom. The van der Waals surface area contributed by atoms with Gasteiger partial charge in [-0.25, -0.2) is 0 Å². The number of amides is 1. The summed E-state index contributed by atoms with van der Waals surface area (Å²) < 4.78 is 0. The summed E-state index contributed by atoms with van der Waals surface area (Å²) >= 11 is 1.49. The zero-order valence-electron chi connectivity index (χ0n) is 10.1. The first kappa shape index (κ1) is 14.8. The number of aliphatic hydroxyl groups is 1. The van der Waals surface area contributed by atoms with Crippen molar-refractivity contribution in [1.82, 2.24) is 5.32 Å². The lowest BCUT2D eigenvalue weighted by atomic mass is 10.2. The van der Waals surface area contributed by atoms with Crippen molar-refractivity contribution >= 4 is 17.7 Å². The minimum atomic E-state index is -0.365. The second-order valence-corrected chi connectivity index (χ2v) is 5.20. The first-order chi connectivity index (χ1) is 7.01. The van der Waals surface area contributed by atoms with Crippen LogP contribution in [0.5, 0.6) is 0 Å². The van der Waals surface area contributed by atoms with Gasteiger partial charge in [-0.05, 0) is 19.8 Å². The number of nitrogens with one attached hydrogen (secondary N) is 1. The van der Waals surface area contributed by atoms with Crippen LogP contribution < -0.4 is 5.32 Å². The molecule has 1 amide bonds. The highest BCUT2D eigenvalue weighted by Crippen LogP contribution is 2.13. The van der Waals surface area contributed by atoms with Crippen LogP contribution in [0.2, 0.25) is 0 Å². The molecule has 0 fully saturated rings. The number of thioether (sulfide) groups is 1. The molecule has 0 rings (SSSR count). The number of carbonyl (C=O) groups excluding carboxylic acids is 1. The van der Waals surface area contributed by atoms with Gasteiger partial charge in [-0.1, -0.05) is 20.8 Å². The molecule has 0 aliphatic carbocycles. The molecule has 0 aromatic rings. The van der Waals surface area contributed by atoms with E-state index in [9.17, 15) is 9.90 Å². The number of aliphatic hydroxyl groups excluding tert-OH is 1. The average molecular weight is 233 g/mol. The van der Waals surface area contributed by atoms with Gasteiger partial charge in [-0.2, -0.15) is 0 Å². The van der Waals surface area contributed by atoms with Gasteiger partial charge in [-0.3, -0.25) is 4.79 Å². The summed E-state index contributed by atoms with van der Waals surface area (Å²) in [6, 6.07) is 0.292. The second-order valence-electron chi connectivity index (χ2n) is 3.84. The van der Waals surface area contributed by atoms with Crippen LogP contribution >= 0.6 is 11.8 Å². The van der Waals surface area contributed by atoms with Gasteiger partial charge in [0.1, 0.15) is 0 Å². The van der Waals surface area contributed by atoms with E-state index in [2.05, 4.69) is 19.2 Å². The van der Waals surface area contributed by atoms with Gasteiger partial charge in [-0.15, -0.1) is 11.8 Å². The summed E-state index contributed by atoms with van der Waals surface area (Å²) in [7, 11) is 0. The van der Waals surface area contributed by atoms with Gasteiger partial charge >= 0.3 is 0 Å². The third-order valence-electron chi connectivity index (χ3n) is 2.51. The number of hydrogen-bond donors (Lipinski definition) is 2. The van der Waals surface area contributed by atoms with Crippen molar-refractivity contribution in [2.45, 2.75) is 57.9 Å². The third-order valence-corrected chi connectivity index (χ3v) is 3.86. The fourth-order valence-electron chi connectivity index (χ4n) is 1.11. The predicted octanol–water partition coefficient (Wildman–Crippen LogP) is 1.79. The molecule has 0 aliphatic heterocycles. The largest absolute Gasteiger partial charge is 0.392 e. The molecule has 90 valence electrons. The van der Waals surface area contributed by atoms with E-state index in [0.29, 0.717) is 11.8 Å². The van der Waals surface area contributed by atoms with Crippen LogP contribution in [0.3, 0.4) is 0 Å². The maximum atomic E-state index is 11.5. The van der Waals surface area contributed by atoms with E-state index < -0.39 is 0 Å². The normalized spacial score (nSPS) is 15.1. The van der Waals surface area contributed by atoms with Crippen molar-refractivity contribution in [3.05, 3.63) is 0 Å². The number of carbonyl (C=O) groups is 1. The Labute approximate surface area is 97.0 Å². The van der Waals surface area contributed by atoms with Crippen molar-refractivity contribution in [1.29, 1.82) is 0 Å². The minimum Gasteiger partial charge on any atom is -0.392 e. The Balaban J connectivity index is 3.74. The van der Waals surface area contributed by atoms with Gasteiger partial charge in [0.2, 0.25) is 5.91 Å². The maximum Gasteiger partial charge on any atom is 0.230 e. The lowest BCUT2D eigenvalue weighted by Gasteiger charge is -2.17. The molecule has 0 saturated heterocycles. The molecule has 0 radical (unpaired) electrons. The van der Waals surface area contributed by atoms with Crippen LogP contribution in [0.25, 0.3) is 0 Å². The van der Waals surface area contributed by atoms with Crippen LogP contribution in [0.15, 0.2) is 0 Å². The van der Waals surface area contributed by atoms with E-state index in [0.717, 1.165) is 12.8 Å². The second kappa shape index (κ2) is 7.99. The van der Waals surface area contributed by atoms with Gasteiger partial charge < -0.3 is 10.4 Å². The summed E-state index contributed by atoms with van der Waals surface area (Å²) in [6.45, 7) is 7.82. The molecule has 0 aliphatic rings. The predicted molar refractivity (Wildman–Crippen MR) is 66.1 cm³/mol. The van der Waals surface area contributed by atoms with Gasteiger partial charge in [0.25, 0.3) is 0 Å². The lowest BCUT2D eigenvalue weighted by molar-refractivity contribution is -0.119. The molecule has 0 spiro atoms. The van der Waals surface area contributed by atoms with Gasteiger partial charge in [0.15, 0.2) is 0 Å². The summed E-state index contributed by atoms with van der Waals surface area (Å²) in [5.74, 6) is 0.504. The highest BCUT2D eigenvalue weighted by molar-refractivity contribution is 8.00. The number of hydrogen-bond acceptors (Lipinski definition) is 3. The van der Waals surface area contributed by atoms with Crippen LogP contribution in [0.1, 0.15) is 40.5 Å². The van der Waals surface area contributed by atoms with Crippen LogP contribution in [-0.4, -0.2) is 34.2 Å². The molecule has 2 N–H and O–H groups in total. The molecular formula is C11H23NO2S. The Kier molecular flexibility index (Phi) is 7.88. The molecule has 0 heterocycles. The maximum absolute atomic E-state index is 11.5. The quantitative estimate of drug-likeness (QED) is 0.705. The van der Waals surface area contributed by atoms with Gasteiger partial charge in [0, 0.05) is 11.3 Å². The fourth-order valence-corrected chi connectivity index (χ4v) is 1.88. The first-order valence-corrected chi connectivity index (χ1v) is 6.65.